The summed E-state index contributed by atoms with van der Waals surface area (Å²) in [6.45, 7) is 7.66. The third-order valence-corrected chi connectivity index (χ3v) is 3.37. The van der Waals surface area contributed by atoms with E-state index < -0.39 is 29.2 Å². The molecule has 0 aromatic carbocycles. The third kappa shape index (κ3) is 3.37. The lowest BCUT2D eigenvalue weighted by molar-refractivity contribution is -0.148. The quantitative estimate of drug-likeness (QED) is 0.796. The van der Waals surface area contributed by atoms with Gasteiger partial charge in [0, 0.05) is 6.54 Å². The summed E-state index contributed by atoms with van der Waals surface area (Å²) >= 11 is 0. The van der Waals surface area contributed by atoms with Gasteiger partial charge in [-0.3, -0.25) is 4.79 Å². The minimum absolute atomic E-state index is 0.375. The molecule has 0 bridgehead atoms. The number of carboxylic acid groups (broad SMARTS) is 1. The number of nitrogens with two attached hydrogens (primary N) is 1. The molecule has 1 heterocycles. The first kappa shape index (κ1) is 15.8. The van der Waals surface area contributed by atoms with Gasteiger partial charge in [0.25, 0.3) is 0 Å². The number of piperidine rings is 1. The topological polar surface area (TPSA) is 92.9 Å². The third-order valence-electron chi connectivity index (χ3n) is 3.37. The maximum atomic E-state index is 12.1. The fourth-order valence-corrected chi connectivity index (χ4v) is 2.52. The molecule has 2 unspecified atom stereocenters. The molecular weight excluding hydrogens is 248 g/mol. The van der Waals surface area contributed by atoms with Crippen LogP contribution < -0.4 is 5.73 Å². The number of hydrogen-bond donors (Lipinski definition) is 2. The maximum absolute atomic E-state index is 12.1. The number of carboxylic acids is 1. The van der Waals surface area contributed by atoms with Gasteiger partial charge in [0.05, 0.1) is 6.04 Å². The molecular formula is C13H24N2O4. The van der Waals surface area contributed by atoms with Gasteiger partial charge in [0.2, 0.25) is 0 Å². The molecule has 1 rings (SSSR count). The Balaban J connectivity index is 2.94. The summed E-state index contributed by atoms with van der Waals surface area (Å²) in [5.74, 6) is -1.06. The van der Waals surface area contributed by atoms with Crippen molar-refractivity contribution >= 4 is 12.1 Å². The van der Waals surface area contributed by atoms with Gasteiger partial charge in [0.1, 0.15) is 11.1 Å². The van der Waals surface area contributed by atoms with Crippen LogP contribution >= 0.6 is 0 Å². The van der Waals surface area contributed by atoms with Crippen LogP contribution in [0.5, 0.6) is 0 Å². The van der Waals surface area contributed by atoms with Gasteiger partial charge in [-0.2, -0.15) is 0 Å². The van der Waals surface area contributed by atoms with Crippen molar-refractivity contribution in [3.05, 3.63) is 0 Å². The number of aliphatic carboxylic acids is 1. The Bertz CT molecular complexity index is 364. The highest BCUT2D eigenvalue weighted by molar-refractivity contribution is 5.81. The number of likely N-dealkylation sites (tertiary alicyclic amines) is 1. The predicted molar refractivity (Wildman–Crippen MR) is 70.8 cm³/mol. The molecule has 0 radical (unpaired) electrons. The normalized spacial score (nSPS) is 28.1. The summed E-state index contributed by atoms with van der Waals surface area (Å²) in [6.07, 6.45) is 0.941. The first-order chi connectivity index (χ1) is 8.62. The molecule has 0 saturated carbocycles. The first-order valence-corrected chi connectivity index (χ1v) is 6.63. The van der Waals surface area contributed by atoms with Gasteiger partial charge in [-0.05, 0) is 40.0 Å². The van der Waals surface area contributed by atoms with Gasteiger partial charge in [-0.15, -0.1) is 0 Å². The average molecular weight is 272 g/mol. The SMILES string of the molecule is CCC1N(C(=O)OC(C)(C)C)CCCC1(N)C(=O)O. The number of carbonyl (C=O) groups excluding carboxylic acids is 1. The minimum atomic E-state index is -1.39. The monoisotopic (exact) mass is 272 g/mol. The van der Waals surface area contributed by atoms with E-state index in [9.17, 15) is 14.7 Å². The lowest BCUT2D eigenvalue weighted by Gasteiger charge is -2.45. The zero-order valence-electron chi connectivity index (χ0n) is 12.1. The molecule has 0 aromatic heterocycles. The van der Waals surface area contributed by atoms with E-state index in [-0.39, 0.29) is 0 Å². The summed E-state index contributed by atoms with van der Waals surface area (Å²) < 4.78 is 5.32. The van der Waals surface area contributed by atoms with E-state index in [1.165, 1.54) is 4.90 Å². The van der Waals surface area contributed by atoms with Crippen LogP contribution in [0.2, 0.25) is 0 Å². The fraction of sp³-hybridized carbons (Fsp3) is 0.846. The molecule has 3 N–H and O–H groups in total. The summed E-state index contributed by atoms with van der Waals surface area (Å²) in [5, 5.41) is 9.33. The van der Waals surface area contributed by atoms with Gasteiger partial charge >= 0.3 is 12.1 Å². The first-order valence-electron chi connectivity index (χ1n) is 6.63. The average Bonchev–Trinajstić information content (AvgIpc) is 2.26. The van der Waals surface area contributed by atoms with Crippen LogP contribution in [0, 0.1) is 0 Å². The zero-order valence-corrected chi connectivity index (χ0v) is 12.1. The highest BCUT2D eigenvalue weighted by Crippen LogP contribution is 2.29. The second-order valence-electron chi connectivity index (χ2n) is 6.05. The van der Waals surface area contributed by atoms with Crippen LogP contribution in [0.15, 0.2) is 0 Å². The molecule has 0 aromatic rings. The van der Waals surface area contributed by atoms with Crippen molar-refractivity contribution < 1.29 is 19.4 Å². The number of rotatable bonds is 2. The molecule has 2 atom stereocenters. The smallest absolute Gasteiger partial charge is 0.410 e. The summed E-state index contributed by atoms with van der Waals surface area (Å²) in [5.41, 5.74) is 4.01. The Morgan fingerprint density at radius 2 is 2.05 bits per heavy atom. The van der Waals surface area contributed by atoms with E-state index in [0.29, 0.717) is 25.8 Å². The van der Waals surface area contributed by atoms with Crippen molar-refractivity contribution in [2.75, 3.05) is 6.54 Å². The Morgan fingerprint density at radius 3 is 2.47 bits per heavy atom. The summed E-state index contributed by atoms with van der Waals surface area (Å²) in [6, 6.07) is -0.534. The molecule has 19 heavy (non-hydrogen) atoms. The number of amides is 1. The summed E-state index contributed by atoms with van der Waals surface area (Å²) in [7, 11) is 0. The van der Waals surface area contributed by atoms with Crippen LogP contribution in [0.3, 0.4) is 0 Å². The number of hydrogen-bond acceptors (Lipinski definition) is 4. The van der Waals surface area contributed by atoms with E-state index in [0.717, 1.165) is 0 Å². The van der Waals surface area contributed by atoms with Crippen LogP contribution in [-0.2, 0) is 9.53 Å². The zero-order chi connectivity index (χ0) is 14.8. The highest BCUT2D eigenvalue weighted by atomic mass is 16.6. The molecule has 1 amide bonds. The number of ether oxygens (including phenoxy) is 1. The number of carbonyl (C=O) groups is 2. The van der Waals surface area contributed by atoms with Gasteiger partial charge < -0.3 is 20.5 Å². The Labute approximate surface area is 113 Å². The van der Waals surface area contributed by atoms with Crippen molar-refractivity contribution in [3.63, 3.8) is 0 Å². The van der Waals surface area contributed by atoms with Crippen LogP contribution in [0.4, 0.5) is 4.79 Å². The molecule has 6 heteroatoms. The second kappa shape index (κ2) is 5.36. The fourth-order valence-electron chi connectivity index (χ4n) is 2.52. The molecule has 0 spiro atoms. The predicted octanol–water partition coefficient (Wildman–Crippen LogP) is 1.58. The summed E-state index contributed by atoms with van der Waals surface area (Å²) in [4.78, 5) is 25.0. The van der Waals surface area contributed by atoms with E-state index >= 15 is 0 Å². The van der Waals surface area contributed by atoms with Crippen LogP contribution in [0.25, 0.3) is 0 Å². The second-order valence-corrected chi connectivity index (χ2v) is 6.05. The molecule has 6 nitrogen and oxygen atoms in total. The van der Waals surface area contributed by atoms with Crippen molar-refractivity contribution in [1.29, 1.82) is 0 Å². The lowest BCUT2D eigenvalue weighted by Crippen LogP contribution is -2.67. The lowest BCUT2D eigenvalue weighted by atomic mass is 9.80. The van der Waals surface area contributed by atoms with E-state index in [2.05, 4.69) is 0 Å². The Kier molecular flexibility index (Phi) is 4.45. The highest BCUT2D eigenvalue weighted by Gasteiger charge is 2.49. The van der Waals surface area contributed by atoms with Crippen molar-refractivity contribution in [3.8, 4) is 0 Å². The Morgan fingerprint density at radius 1 is 1.47 bits per heavy atom. The largest absolute Gasteiger partial charge is 0.480 e. The van der Waals surface area contributed by atoms with E-state index in [4.69, 9.17) is 10.5 Å². The van der Waals surface area contributed by atoms with Crippen LogP contribution in [-0.4, -0.2) is 45.8 Å². The Hall–Kier alpha value is -1.30. The van der Waals surface area contributed by atoms with Crippen LogP contribution in [0.1, 0.15) is 47.0 Å². The molecule has 0 aliphatic carbocycles. The van der Waals surface area contributed by atoms with Crippen molar-refractivity contribution in [1.82, 2.24) is 4.90 Å². The van der Waals surface area contributed by atoms with E-state index in [1.54, 1.807) is 20.8 Å². The number of nitrogens with zero attached hydrogens (tertiary/aromatic N) is 1. The molecule has 1 saturated heterocycles. The maximum Gasteiger partial charge on any atom is 0.410 e. The molecule has 1 aliphatic heterocycles. The van der Waals surface area contributed by atoms with Crippen molar-refractivity contribution in [2.24, 2.45) is 5.73 Å². The van der Waals surface area contributed by atoms with Gasteiger partial charge in [-0.25, -0.2) is 4.79 Å². The van der Waals surface area contributed by atoms with Gasteiger partial charge in [-0.1, -0.05) is 6.92 Å². The van der Waals surface area contributed by atoms with E-state index in [1.807, 2.05) is 6.92 Å². The standard InChI is InChI=1S/C13H24N2O4/c1-5-9-13(14,10(16)17)7-6-8-15(9)11(18)19-12(2,3)4/h9H,5-8,14H2,1-4H3,(H,16,17). The minimum Gasteiger partial charge on any atom is -0.480 e. The molecule has 110 valence electrons. The van der Waals surface area contributed by atoms with Gasteiger partial charge in [0.15, 0.2) is 0 Å². The van der Waals surface area contributed by atoms with Crippen molar-refractivity contribution in [2.45, 2.75) is 64.1 Å². The molecule has 1 aliphatic rings. The molecule has 1 fully saturated rings.